The summed E-state index contributed by atoms with van der Waals surface area (Å²) in [5, 5.41) is 12.1. The molecule has 14 heavy (non-hydrogen) atoms. The van der Waals surface area contributed by atoms with Gasteiger partial charge in [-0.25, -0.2) is 0 Å². The molecule has 0 saturated heterocycles. The fourth-order valence-electron chi connectivity index (χ4n) is 1.81. The third kappa shape index (κ3) is 4.09. The van der Waals surface area contributed by atoms with Gasteiger partial charge < -0.3 is 10.4 Å². The highest BCUT2D eigenvalue weighted by Crippen LogP contribution is 2.13. The molecule has 0 heterocycles. The Morgan fingerprint density at radius 1 is 1.21 bits per heavy atom. The van der Waals surface area contributed by atoms with Crippen LogP contribution in [0.3, 0.4) is 0 Å². The molecule has 0 aromatic carbocycles. The minimum atomic E-state index is -0.745. The van der Waals surface area contributed by atoms with Crippen LogP contribution in [0.25, 0.3) is 0 Å². The molecule has 2 atom stereocenters. The van der Waals surface area contributed by atoms with Crippen LogP contribution < -0.4 is 5.32 Å². The van der Waals surface area contributed by atoms with E-state index in [1.165, 1.54) is 0 Å². The summed E-state index contributed by atoms with van der Waals surface area (Å²) in [6.45, 7) is 8.26. The average molecular weight is 201 g/mol. The Balaban J connectivity index is 4.12. The van der Waals surface area contributed by atoms with Gasteiger partial charge in [0.05, 0.1) is 0 Å². The summed E-state index contributed by atoms with van der Waals surface area (Å²) < 4.78 is 0. The number of hydrogen-bond acceptors (Lipinski definition) is 2. The number of carboxylic acid groups (broad SMARTS) is 1. The van der Waals surface area contributed by atoms with Crippen molar-refractivity contribution >= 4 is 5.97 Å². The summed E-state index contributed by atoms with van der Waals surface area (Å²) in [5.41, 5.74) is 0. The van der Waals surface area contributed by atoms with Gasteiger partial charge in [0.2, 0.25) is 0 Å². The molecule has 0 aliphatic heterocycles. The lowest BCUT2D eigenvalue weighted by Gasteiger charge is -2.25. The van der Waals surface area contributed by atoms with Crippen LogP contribution >= 0.6 is 0 Å². The van der Waals surface area contributed by atoms with Gasteiger partial charge in [-0.3, -0.25) is 4.79 Å². The van der Waals surface area contributed by atoms with Gasteiger partial charge in [0, 0.05) is 6.04 Å². The number of aliphatic carboxylic acids is 1. The van der Waals surface area contributed by atoms with Crippen molar-refractivity contribution in [1.29, 1.82) is 0 Å². The largest absolute Gasteiger partial charge is 0.480 e. The first kappa shape index (κ1) is 13.4. The number of nitrogens with one attached hydrogen (secondary N) is 1. The van der Waals surface area contributed by atoms with E-state index in [2.05, 4.69) is 26.1 Å². The Kier molecular flexibility index (Phi) is 6.54. The SMILES string of the molecule is CCC(NC(C)C(CC)CC)C(=O)O. The fraction of sp³-hybridized carbons (Fsp3) is 0.909. The Bertz CT molecular complexity index is 167. The highest BCUT2D eigenvalue weighted by Gasteiger charge is 2.20. The van der Waals surface area contributed by atoms with Gasteiger partial charge >= 0.3 is 5.97 Å². The molecule has 2 N–H and O–H groups in total. The molecule has 3 nitrogen and oxygen atoms in total. The average Bonchev–Trinajstić information content (AvgIpc) is 2.15. The first-order chi connectivity index (χ1) is 6.56. The molecule has 0 aromatic heterocycles. The molecule has 0 saturated carbocycles. The maximum Gasteiger partial charge on any atom is 0.320 e. The predicted octanol–water partition coefficient (Wildman–Crippen LogP) is 2.26. The molecule has 3 heteroatoms. The highest BCUT2D eigenvalue weighted by molar-refractivity contribution is 5.73. The molecule has 0 amide bonds. The Morgan fingerprint density at radius 2 is 1.71 bits per heavy atom. The molecule has 0 radical (unpaired) electrons. The first-order valence-corrected chi connectivity index (χ1v) is 5.55. The van der Waals surface area contributed by atoms with Crippen molar-refractivity contribution in [3.63, 3.8) is 0 Å². The van der Waals surface area contributed by atoms with Gasteiger partial charge in [-0.1, -0.05) is 33.6 Å². The monoisotopic (exact) mass is 201 g/mol. The van der Waals surface area contributed by atoms with Crippen molar-refractivity contribution < 1.29 is 9.90 Å². The van der Waals surface area contributed by atoms with E-state index in [1.807, 2.05) is 6.92 Å². The topological polar surface area (TPSA) is 49.3 Å². The maximum absolute atomic E-state index is 10.8. The molecule has 0 aromatic rings. The Hall–Kier alpha value is -0.570. The quantitative estimate of drug-likeness (QED) is 0.664. The lowest BCUT2D eigenvalue weighted by Crippen LogP contribution is -2.44. The van der Waals surface area contributed by atoms with Crippen molar-refractivity contribution in [2.75, 3.05) is 0 Å². The zero-order valence-corrected chi connectivity index (χ0v) is 9.71. The van der Waals surface area contributed by atoms with E-state index >= 15 is 0 Å². The zero-order chi connectivity index (χ0) is 11.1. The van der Waals surface area contributed by atoms with Crippen molar-refractivity contribution in [3.05, 3.63) is 0 Å². The van der Waals surface area contributed by atoms with Crippen LogP contribution in [0.15, 0.2) is 0 Å². The van der Waals surface area contributed by atoms with E-state index in [0.717, 1.165) is 12.8 Å². The zero-order valence-electron chi connectivity index (χ0n) is 9.71. The van der Waals surface area contributed by atoms with Crippen LogP contribution in [0.1, 0.15) is 47.0 Å². The summed E-state index contributed by atoms with van der Waals surface area (Å²) in [5.74, 6) is -0.172. The van der Waals surface area contributed by atoms with Crippen molar-refractivity contribution in [3.8, 4) is 0 Å². The van der Waals surface area contributed by atoms with Gasteiger partial charge in [0.15, 0.2) is 0 Å². The minimum absolute atomic E-state index is 0.283. The van der Waals surface area contributed by atoms with Crippen LogP contribution in [-0.2, 0) is 4.79 Å². The van der Waals surface area contributed by atoms with Crippen LogP contribution in [-0.4, -0.2) is 23.2 Å². The fourth-order valence-corrected chi connectivity index (χ4v) is 1.81. The lowest BCUT2D eigenvalue weighted by atomic mass is 9.94. The van der Waals surface area contributed by atoms with E-state index in [-0.39, 0.29) is 6.04 Å². The van der Waals surface area contributed by atoms with Gasteiger partial charge in [-0.2, -0.15) is 0 Å². The number of rotatable bonds is 7. The molecular formula is C11H23NO2. The molecule has 2 unspecified atom stereocenters. The maximum atomic E-state index is 10.8. The molecule has 0 bridgehead atoms. The minimum Gasteiger partial charge on any atom is -0.480 e. The van der Waals surface area contributed by atoms with E-state index in [4.69, 9.17) is 5.11 Å². The third-order valence-electron chi connectivity index (χ3n) is 2.93. The summed E-state index contributed by atoms with van der Waals surface area (Å²) in [6.07, 6.45) is 2.83. The Morgan fingerprint density at radius 3 is 2.00 bits per heavy atom. The van der Waals surface area contributed by atoms with Gasteiger partial charge in [-0.05, 0) is 19.3 Å². The standard InChI is InChI=1S/C11H23NO2/c1-5-9(6-2)8(4)12-10(7-3)11(13)14/h8-10,12H,5-7H2,1-4H3,(H,13,14). The summed E-state index contributed by atoms with van der Waals surface area (Å²) in [6, 6.07) is -0.114. The first-order valence-electron chi connectivity index (χ1n) is 5.55. The third-order valence-corrected chi connectivity index (χ3v) is 2.93. The number of carbonyl (C=O) groups is 1. The second-order valence-corrected chi connectivity index (χ2v) is 3.83. The van der Waals surface area contributed by atoms with Gasteiger partial charge in [0.25, 0.3) is 0 Å². The molecule has 0 aliphatic carbocycles. The van der Waals surface area contributed by atoms with Crippen molar-refractivity contribution in [2.45, 2.75) is 59.0 Å². The van der Waals surface area contributed by atoms with Crippen LogP contribution in [0.5, 0.6) is 0 Å². The van der Waals surface area contributed by atoms with E-state index in [0.29, 0.717) is 12.3 Å². The molecule has 0 rings (SSSR count). The van der Waals surface area contributed by atoms with Gasteiger partial charge in [-0.15, -0.1) is 0 Å². The molecular weight excluding hydrogens is 178 g/mol. The van der Waals surface area contributed by atoms with Crippen LogP contribution in [0.4, 0.5) is 0 Å². The summed E-state index contributed by atoms with van der Waals surface area (Å²) in [4.78, 5) is 10.8. The lowest BCUT2D eigenvalue weighted by molar-refractivity contribution is -0.139. The van der Waals surface area contributed by atoms with E-state index in [9.17, 15) is 4.79 Å². The normalized spacial score (nSPS) is 15.5. The van der Waals surface area contributed by atoms with Crippen molar-refractivity contribution in [2.24, 2.45) is 5.92 Å². The molecule has 0 spiro atoms. The van der Waals surface area contributed by atoms with E-state index < -0.39 is 12.0 Å². The highest BCUT2D eigenvalue weighted by atomic mass is 16.4. The van der Waals surface area contributed by atoms with Crippen molar-refractivity contribution in [1.82, 2.24) is 5.32 Å². The van der Waals surface area contributed by atoms with E-state index in [1.54, 1.807) is 0 Å². The second kappa shape index (κ2) is 6.82. The molecule has 0 aliphatic rings. The number of hydrogen-bond donors (Lipinski definition) is 2. The summed E-state index contributed by atoms with van der Waals surface area (Å²) >= 11 is 0. The van der Waals surface area contributed by atoms with Crippen LogP contribution in [0, 0.1) is 5.92 Å². The van der Waals surface area contributed by atoms with Crippen LogP contribution in [0.2, 0.25) is 0 Å². The Labute approximate surface area is 86.9 Å². The molecule has 0 fully saturated rings. The predicted molar refractivity (Wildman–Crippen MR) is 58.4 cm³/mol. The summed E-state index contributed by atoms with van der Waals surface area (Å²) in [7, 11) is 0. The second-order valence-electron chi connectivity index (χ2n) is 3.83. The number of carboxylic acids is 1. The smallest absolute Gasteiger partial charge is 0.320 e. The van der Waals surface area contributed by atoms with Gasteiger partial charge in [0.1, 0.15) is 6.04 Å². The molecule has 84 valence electrons.